The van der Waals surface area contributed by atoms with E-state index in [0.29, 0.717) is 12.0 Å². The van der Waals surface area contributed by atoms with Crippen molar-refractivity contribution >= 4 is 34.1 Å². The number of nitrogens with zero attached hydrogens (tertiary/aromatic N) is 4. The van der Waals surface area contributed by atoms with Crippen LogP contribution in [0, 0.1) is 5.92 Å². The number of hydrogen-bond donors (Lipinski definition) is 2. The molecule has 204 valence electrons. The number of ether oxygens (including phenoxy) is 1. The van der Waals surface area contributed by atoms with Gasteiger partial charge in [0.15, 0.2) is 10.9 Å². The number of likely N-dealkylation sites (N-methyl/N-ethyl adjacent to an activating group) is 1. The lowest BCUT2D eigenvalue weighted by Crippen LogP contribution is -2.52. The van der Waals surface area contributed by atoms with Crippen LogP contribution >= 0.6 is 11.3 Å². The molecule has 11 heteroatoms. The van der Waals surface area contributed by atoms with Gasteiger partial charge in [-0.25, -0.2) is 4.98 Å². The average Bonchev–Trinajstić information content (AvgIpc) is 3.62. The number of rotatable bonds is 7. The van der Waals surface area contributed by atoms with E-state index in [1.807, 2.05) is 31.4 Å². The molecular formula is C27H35N5O5S. The molecule has 4 heterocycles. The number of amides is 2. The van der Waals surface area contributed by atoms with Gasteiger partial charge in [0, 0.05) is 42.7 Å². The molecule has 3 fully saturated rings. The van der Waals surface area contributed by atoms with Crippen molar-refractivity contribution in [1.29, 1.82) is 0 Å². The normalized spacial score (nSPS) is 24.7. The topological polar surface area (TPSA) is 115 Å². The van der Waals surface area contributed by atoms with E-state index in [4.69, 9.17) is 9.72 Å². The van der Waals surface area contributed by atoms with Crippen molar-refractivity contribution in [1.82, 2.24) is 20.1 Å². The summed E-state index contributed by atoms with van der Waals surface area (Å²) in [6.45, 7) is 7.79. The quantitative estimate of drug-likeness (QED) is 0.538. The van der Waals surface area contributed by atoms with E-state index in [2.05, 4.69) is 22.2 Å². The Bertz CT molecular complexity index is 1180. The number of piperazine rings is 1. The van der Waals surface area contributed by atoms with Gasteiger partial charge in [0.1, 0.15) is 30.9 Å². The lowest BCUT2D eigenvalue weighted by Gasteiger charge is -2.32. The fourth-order valence-electron chi connectivity index (χ4n) is 5.32. The van der Waals surface area contributed by atoms with E-state index < -0.39 is 24.3 Å². The summed E-state index contributed by atoms with van der Waals surface area (Å²) < 4.78 is 5.39. The van der Waals surface area contributed by atoms with Gasteiger partial charge in [-0.3, -0.25) is 14.4 Å². The number of benzene rings is 1. The molecule has 3 aliphatic heterocycles. The van der Waals surface area contributed by atoms with Crippen LogP contribution in [0.2, 0.25) is 0 Å². The monoisotopic (exact) mass is 541 g/mol. The number of carbonyl (C=O) groups is 3. The van der Waals surface area contributed by atoms with Crippen molar-refractivity contribution in [3.8, 4) is 11.3 Å². The fourth-order valence-corrected chi connectivity index (χ4v) is 6.21. The molecule has 0 bridgehead atoms. The van der Waals surface area contributed by atoms with Crippen molar-refractivity contribution in [2.24, 2.45) is 5.92 Å². The van der Waals surface area contributed by atoms with Gasteiger partial charge in [0.05, 0.1) is 12.2 Å². The maximum Gasteiger partial charge on any atom is 0.251 e. The molecule has 5 rings (SSSR count). The standard InChI is InChI=1S/C27H35N5O5S/c1-16(2)12-19(26(36)32-13-21(33)24-23(32)22(34)14-37-24)28-25(35)18-6-4-17(5-7-18)20-15-38-27(29-20)31-10-8-30(3)9-11-31/h4-7,15-16,19,21,23-24,33H,8-14H2,1-3H3,(H,28,35)/t19-,21-,23+,24-/m0/s1. The summed E-state index contributed by atoms with van der Waals surface area (Å²) in [5.74, 6) is -0.821. The summed E-state index contributed by atoms with van der Waals surface area (Å²) in [6, 6.07) is 5.60. The van der Waals surface area contributed by atoms with E-state index in [-0.39, 0.29) is 36.7 Å². The van der Waals surface area contributed by atoms with E-state index >= 15 is 0 Å². The Hall–Kier alpha value is -2.86. The molecule has 0 aliphatic carbocycles. The van der Waals surface area contributed by atoms with Gasteiger partial charge in [0.2, 0.25) is 5.91 Å². The molecule has 3 saturated heterocycles. The molecule has 2 aromatic rings. The van der Waals surface area contributed by atoms with Crippen LogP contribution in [0.25, 0.3) is 11.3 Å². The zero-order valence-corrected chi connectivity index (χ0v) is 22.8. The Labute approximate surface area is 226 Å². The first kappa shape index (κ1) is 26.7. The molecule has 0 unspecified atom stereocenters. The van der Waals surface area contributed by atoms with Crippen LogP contribution in [0.5, 0.6) is 0 Å². The Kier molecular flexibility index (Phi) is 7.80. The number of ketones is 1. The minimum absolute atomic E-state index is 0.0167. The molecule has 1 aromatic carbocycles. The first-order valence-electron chi connectivity index (χ1n) is 13.1. The number of aromatic nitrogens is 1. The number of carbonyl (C=O) groups excluding carboxylic acids is 3. The molecule has 0 radical (unpaired) electrons. The Morgan fingerprint density at radius 1 is 1.18 bits per heavy atom. The maximum atomic E-state index is 13.5. The molecular weight excluding hydrogens is 506 g/mol. The van der Waals surface area contributed by atoms with E-state index in [9.17, 15) is 19.5 Å². The average molecular weight is 542 g/mol. The third-order valence-corrected chi connectivity index (χ3v) is 8.36. The van der Waals surface area contributed by atoms with Crippen molar-refractivity contribution in [2.75, 3.05) is 51.3 Å². The number of nitrogens with one attached hydrogen (secondary N) is 1. The van der Waals surface area contributed by atoms with Gasteiger partial charge in [-0.15, -0.1) is 11.3 Å². The predicted octanol–water partition coefficient (Wildman–Crippen LogP) is 1.25. The van der Waals surface area contributed by atoms with Crippen LogP contribution in [0.4, 0.5) is 5.13 Å². The van der Waals surface area contributed by atoms with Gasteiger partial charge in [0.25, 0.3) is 5.91 Å². The number of likely N-dealkylation sites (tertiary alicyclic amines) is 1. The molecule has 3 aliphatic rings. The van der Waals surface area contributed by atoms with Crippen LogP contribution in [-0.4, -0.2) is 108 Å². The van der Waals surface area contributed by atoms with E-state index in [1.54, 1.807) is 23.5 Å². The Balaban J connectivity index is 1.26. The Morgan fingerprint density at radius 3 is 2.58 bits per heavy atom. The summed E-state index contributed by atoms with van der Waals surface area (Å²) in [6.07, 6.45) is -1.20. The molecule has 4 atom stereocenters. The number of hydrogen-bond acceptors (Lipinski definition) is 9. The Morgan fingerprint density at radius 2 is 1.89 bits per heavy atom. The summed E-state index contributed by atoms with van der Waals surface area (Å²) in [5.41, 5.74) is 2.23. The van der Waals surface area contributed by atoms with Gasteiger partial charge >= 0.3 is 0 Å². The maximum absolute atomic E-state index is 13.5. The third kappa shape index (κ3) is 5.47. The molecule has 38 heavy (non-hydrogen) atoms. The second-order valence-corrected chi connectivity index (χ2v) is 11.6. The molecule has 0 spiro atoms. The third-order valence-electron chi connectivity index (χ3n) is 7.46. The second kappa shape index (κ2) is 11.1. The highest BCUT2D eigenvalue weighted by Gasteiger charge is 2.52. The number of aliphatic hydroxyl groups excluding tert-OH is 1. The summed E-state index contributed by atoms with van der Waals surface area (Å²) in [4.78, 5) is 49.7. The second-order valence-electron chi connectivity index (χ2n) is 10.8. The zero-order valence-electron chi connectivity index (χ0n) is 22.0. The van der Waals surface area contributed by atoms with Crippen molar-refractivity contribution < 1.29 is 24.2 Å². The minimum atomic E-state index is -0.916. The largest absolute Gasteiger partial charge is 0.388 e. The predicted molar refractivity (Wildman–Crippen MR) is 144 cm³/mol. The zero-order chi connectivity index (χ0) is 27.0. The fraction of sp³-hybridized carbons (Fsp3) is 0.556. The van der Waals surface area contributed by atoms with Gasteiger partial charge in [-0.05, 0) is 31.5 Å². The minimum Gasteiger partial charge on any atom is -0.388 e. The first-order valence-corrected chi connectivity index (χ1v) is 14.0. The van der Waals surface area contributed by atoms with Gasteiger partial charge in [-0.2, -0.15) is 0 Å². The lowest BCUT2D eigenvalue weighted by molar-refractivity contribution is -0.138. The van der Waals surface area contributed by atoms with E-state index in [0.717, 1.165) is 42.6 Å². The number of thiazole rings is 1. The summed E-state index contributed by atoms with van der Waals surface area (Å²) >= 11 is 1.62. The summed E-state index contributed by atoms with van der Waals surface area (Å²) in [5, 5.41) is 16.2. The van der Waals surface area contributed by atoms with Crippen molar-refractivity contribution in [3.05, 3.63) is 35.2 Å². The van der Waals surface area contributed by atoms with Gasteiger partial charge in [-0.1, -0.05) is 26.0 Å². The first-order chi connectivity index (χ1) is 18.2. The smallest absolute Gasteiger partial charge is 0.251 e. The molecule has 2 amide bonds. The van der Waals surface area contributed by atoms with E-state index in [1.165, 1.54) is 4.90 Å². The highest BCUT2D eigenvalue weighted by molar-refractivity contribution is 7.14. The molecule has 0 saturated carbocycles. The molecule has 10 nitrogen and oxygen atoms in total. The van der Waals surface area contributed by atoms with Crippen LogP contribution in [0.15, 0.2) is 29.6 Å². The highest BCUT2D eigenvalue weighted by atomic mass is 32.1. The van der Waals surface area contributed by atoms with Crippen LogP contribution < -0.4 is 10.2 Å². The summed E-state index contributed by atoms with van der Waals surface area (Å²) in [7, 11) is 2.13. The van der Waals surface area contributed by atoms with Crippen LogP contribution in [0.3, 0.4) is 0 Å². The highest BCUT2D eigenvalue weighted by Crippen LogP contribution is 2.30. The molecule has 1 aromatic heterocycles. The SMILES string of the molecule is CC(C)C[C@H](NC(=O)c1ccc(-c2csc(N3CCN(C)CC3)n2)cc1)C(=O)N1C[C@H](O)[C@@H]2OCC(=O)[C@H]21. The van der Waals surface area contributed by atoms with Crippen LogP contribution in [0.1, 0.15) is 30.6 Å². The number of Topliss-reactive ketones (excluding diaryl/α,β-unsaturated/α-hetero) is 1. The number of fused-ring (bicyclic) bond motifs is 1. The lowest BCUT2D eigenvalue weighted by atomic mass is 10.0. The van der Waals surface area contributed by atoms with Crippen LogP contribution in [-0.2, 0) is 14.3 Å². The molecule has 2 N–H and O–H groups in total. The number of anilines is 1. The van der Waals surface area contributed by atoms with Crippen molar-refractivity contribution in [3.63, 3.8) is 0 Å². The number of β-amino-alcohol motifs (C(OH)–C–C–N with tert-alkyl or cyclic N) is 1. The van der Waals surface area contributed by atoms with Crippen molar-refractivity contribution in [2.45, 2.75) is 44.6 Å². The van der Waals surface area contributed by atoms with Gasteiger partial charge < -0.3 is 29.9 Å². The number of aliphatic hydroxyl groups is 1.